The molecule has 0 radical (unpaired) electrons. The summed E-state index contributed by atoms with van der Waals surface area (Å²) in [4.78, 5) is 25.5. The lowest BCUT2D eigenvalue weighted by Gasteiger charge is -2.30. The van der Waals surface area contributed by atoms with Gasteiger partial charge in [-0.15, -0.1) is 12.4 Å². The van der Waals surface area contributed by atoms with Crippen LogP contribution in [0.3, 0.4) is 0 Å². The maximum atomic E-state index is 12.0. The first-order valence-corrected chi connectivity index (χ1v) is 7.63. The van der Waals surface area contributed by atoms with Gasteiger partial charge in [0, 0.05) is 30.0 Å². The molecule has 3 rings (SSSR count). The first kappa shape index (κ1) is 17.1. The molecule has 22 heavy (non-hydrogen) atoms. The number of fused-ring (bicyclic) bond motifs is 1. The van der Waals surface area contributed by atoms with Crippen molar-refractivity contribution in [1.29, 1.82) is 0 Å². The van der Waals surface area contributed by atoms with Gasteiger partial charge in [-0.2, -0.15) is 0 Å². The van der Waals surface area contributed by atoms with E-state index in [4.69, 9.17) is 4.74 Å². The van der Waals surface area contributed by atoms with Crippen molar-refractivity contribution in [2.45, 2.75) is 0 Å². The molecule has 1 saturated heterocycles. The fraction of sp³-hybridized carbons (Fsp3) is 0.429. The molecule has 2 aliphatic rings. The number of ether oxygens (including phenoxy) is 1. The molecule has 0 unspecified atom stereocenters. The summed E-state index contributed by atoms with van der Waals surface area (Å²) in [7, 11) is 0. The van der Waals surface area contributed by atoms with Crippen molar-refractivity contribution in [3.8, 4) is 5.75 Å². The highest BCUT2D eigenvalue weighted by Crippen LogP contribution is 2.34. The van der Waals surface area contributed by atoms with Crippen LogP contribution in [0.5, 0.6) is 5.75 Å². The number of amides is 2. The predicted octanol–water partition coefficient (Wildman–Crippen LogP) is 0.932. The van der Waals surface area contributed by atoms with E-state index in [1.54, 1.807) is 12.1 Å². The molecular formula is C14H17BrClN3O3. The predicted molar refractivity (Wildman–Crippen MR) is 88.6 cm³/mol. The van der Waals surface area contributed by atoms with E-state index in [-0.39, 0.29) is 37.4 Å². The zero-order valence-electron chi connectivity index (χ0n) is 11.8. The third-order valence-corrected chi connectivity index (χ3v) is 4.11. The van der Waals surface area contributed by atoms with Gasteiger partial charge < -0.3 is 15.4 Å². The summed E-state index contributed by atoms with van der Waals surface area (Å²) in [6, 6.07) is 5.40. The van der Waals surface area contributed by atoms with Crippen LogP contribution in [0.1, 0.15) is 0 Å². The van der Waals surface area contributed by atoms with Gasteiger partial charge >= 0.3 is 0 Å². The van der Waals surface area contributed by atoms with E-state index in [1.165, 1.54) is 4.90 Å². The Bertz CT molecular complexity index is 580. The Labute approximate surface area is 143 Å². The van der Waals surface area contributed by atoms with Gasteiger partial charge in [0.1, 0.15) is 12.3 Å². The van der Waals surface area contributed by atoms with Crippen molar-refractivity contribution in [3.63, 3.8) is 0 Å². The Balaban J connectivity index is 0.00000176. The minimum atomic E-state index is -0.203. The number of carbonyl (C=O) groups excluding carboxylic acids is 2. The lowest BCUT2D eigenvalue weighted by atomic mass is 10.0. The van der Waals surface area contributed by atoms with Gasteiger partial charge in [-0.05, 0) is 18.2 Å². The molecule has 1 aromatic carbocycles. The second-order valence-electron chi connectivity index (χ2n) is 5.21. The van der Waals surface area contributed by atoms with Crippen LogP contribution >= 0.6 is 28.3 Å². The molecule has 2 amide bonds. The van der Waals surface area contributed by atoms with Crippen molar-refractivity contribution >= 4 is 45.8 Å². The van der Waals surface area contributed by atoms with Crippen molar-refractivity contribution in [3.05, 3.63) is 22.7 Å². The molecule has 2 heterocycles. The first-order chi connectivity index (χ1) is 10.1. The molecule has 0 aliphatic carbocycles. The van der Waals surface area contributed by atoms with Crippen LogP contribution in [0.15, 0.2) is 22.7 Å². The molecule has 6 nitrogen and oxygen atoms in total. The molecule has 0 spiro atoms. The van der Waals surface area contributed by atoms with Crippen LogP contribution in [0.2, 0.25) is 0 Å². The number of rotatable bonds is 4. The number of hydrogen-bond donors (Lipinski definition) is 2. The van der Waals surface area contributed by atoms with Gasteiger partial charge in [-0.3, -0.25) is 14.5 Å². The van der Waals surface area contributed by atoms with Crippen molar-refractivity contribution < 1.29 is 14.3 Å². The zero-order chi connectivity index (χ0) is 14.8. The van der Waals surface area contributed by atoms with E-state index in [1.807, 2.05) is 6.07 Å². The van der Waals surface area contributed by atoms with Gasteiger partial charge in [-0.1, -0.05) is 15.9 Å². The fourth-order valence-corrected chi connectivity index (χ4v) is 2.64. The minimum absolute atomic E-state index is 0. The van der Waals surface area contributed by atoms with E-state index in [9.17, 15) is 9.59 Å². The Hall–Kier alpha value is -1.31. The summed E-state index contributed by atoms with van der Waals surface area (Å²) < 4.78 is 6.26. The van der Waals surface area contributed by atoms with Crippen LogP contribution < -0.4 is 20.3 Å². The second-order valence-corrected chi connectivity index (χ2v) is 6.12. The third kappa shape index (κ3) is 3.71. The summed E-state index contributed by atoms with van der Waals surface area (Å²) >= 11 is 3.36. The molecule has 0 bridgehead atoms. The topological polar surface area (TPSA) is 70.7 Å². The summed E-state index contributed by atoms with van der Waals surface area (Å²) in [5.41, 5.74) is 0.634. The van der Waals surface area contributed by atoms with E-state index in [0.29, 0.717) is 23.9 Å². The number of nitrogens with zero attached hydrogens (tertiary/aromatic N) is 1. The number of nitrogens with one attached hydrogen (secondary N) is 2. The zero-order valence-corrected chi connectivity index (χ0v) is 14.2. The highest BCUT2D eigenvalue weighted by Gasteiger charge is 2.27. The third-order valence-electron chi connectivity index (χ3n) is 3.62. The van der Waals surface area contributed by atoms with Crippen molar-refractivity contribution in [2.24, 2.45) is 5.92 Å². The van der Waals surface area contributed by atoms with Gasteiger partial charge in [-0.25, -0.2) is 0 Å². The summed E-state index contributed by atoms with van der Waals surface area (Å²) in [5.74, 6) is 0.758. The average molecular weight is 391 g/mol. The largest absolute Gasteiger partial charge is 0.482 e. The molecule has 0 atom stereocenters. The lowest BCUT2D eigenvalue weighted by molar-refractivity contribution is -0.125. The number of carbonyl (C=O) groups is 2. The normalized spacial score (nSPS) is 17.0. The smallest absolute Gasteiger partial charge is 0.265 e. The van der Waals surface area contributed by atoms with Crippen LogP contribution in [0.4, 0.5) is 5.69 Å². The highest BCUT2D eigenvalue weighted by atomic mass is 79.9. The number of anilines is 1. The first-order valence-electron chi connectivity index (χ1n) is 6.83. The standard InChI is InChI=1S/C14H16BrN3O3.ClH/c15-10-1-2-11-12(3-10)21-8-14(20)18(11)7-13(19)17-6-9-4-16-5-9;/h1-3,9,16H,4-8H2,(H,17,19);1H. The maximum absolute atomic E-state index is 12.0. The summed E-state index contributed by atoms with van der Waals surface area (Å²) in [6.07, 6.45) is 0. The quantitative estimate of drug-likeness (QED) is 0.802. The Morgan fingerprint density at radius 2 is 2.23 bits per heavy atom. The minimum Gasteiger partial charge on any atom is -0.482 e. The van der Waals surface area contributed by atoms with Gasteiger partial charge in [0.2, 0.25) is 5.91 Å². The van der Waals surface area contributed by atoms with Gasteiger partial charge in [0.05, 0.1) is 5.69 Å². The van der Waals surface area contributed by atoms with Crippen LogP contribution in [-0.2, 0) is 9.59 Å². The monoisotopic (exact) mass is 389 g/mol. The number of hydrogen-bond acceptors (Lipinski definition) is 4. The van der Waals surface area contributed by atoms with Crippen molar-refractivity contribution in [2.75, 3.05) is 37.7 Å². The molecular weight excluding hydrogens is 374 g/mol. The Morgan fingerprint density at radius 3 is 2.91 bits per heavy atom. The molecule has 2 aliphatic heterocycles. The fourth-order valence-electron chi connectivity index (χ4n) is 2.30. The summed E-state index contributed by atoms with van der Waals surface area (Å²) in [6.45, 7) is 2.51. The Morgan fingerprint density at radius 1 is 1.45 bits per heavy atom. The van der Waals surface area contributed by atoms with E-state index in [2.05, 4.69) is 26.6 Å². The number of halogens is 2. The molecule has 0 aromatic heterocycles. The molecule has 1 aromatic rings. The van der Waals surface area contributed by atoms with E-state index < -0.39 is 0 Å². The average Bonchev–Trinajstić information content (AvgIpc) is 2.40. The van der Waals surface area contributed by atoms with E-state index in [0.717, 1.165) is 17.6 Å². The van der Waals surface area contributed by atoms with Crippen molar-refractivity contribution in [1.82, 2.24) is 10.6 Å². The van der Waals surface area contributed by atoms with Crippen LogP contribution in [0.25, 0.3) is 0 Å². The Kier molecular flexibility index (Phi) is 5.66. The van der Waals surface area contributed by atoms with Gasteiger partial charge in [0.25, 0.3) is 5.91 Å². The second kappa shape index (κ2) is 7.30. The highest BCUT2D eigenvalue weighted by molar-refractivity contribution is 9.10. The van der Waals surface area contributed by atoms with E-state index >= 15 is 0 Å². The maximum Gasteiger partial charge on any atom is 0.265 e. The SMILES string of the molecule is Cl.O=C(CN1C(=O)COc2cc(Br)ccc21)NCC1CNC1. The molecule has 120 valence electrons. The molecule has 1 fully saturated rings. The molecule has 2 N–H and O–H groups in total. The lowest BCUT2D eigenvalue weighted by Crippen LogP contribution is -2.50. The van der Waals surface area contributed by atoms with Crippen LogP contribution in [-0.4, -0.2) is 44.6 Å². The van der Waals surface area contributed by atoms with Crippen LogP contribution in [0, 0.1) is 5.92 Å². The molecule has 0 saturated carbocycles. The van der Waals surface area contributed by atoms with Gasteiger partial charge in [0.15, 0.2) is 6.61 Å². The summed E-state index contributed by atoms with van der Waals surface area (Å²) in [5, 5.41) is 6.03. The molecule has 8 heteroatoms. The number of benzene rings is 1.